The van der Waals surface area contributed by atoms with Crippen molar-refractivity contribution in [2.45, 2.75) is 70.5 Å². The maximum Gasteiger partial charge on any atom is 0.267 e. The first-order valence-corrected chi connectivity index (χ1v) is 13.6. The van der Waals surface area contributed by atoms with Crippen LogP contribution >= 0.6 is 0 Å². The van der Waals surface area contributed by atoms with Crippen LogP contribution in [0.1, 0.15) is 68.8 Å². The first kappa shape index (κ1) is 31.6. The quantitative estimate of drug-likeness (QED) is 0.256. The van der Waals surface area contributed by atoms with Crippen LogP contribution in [-0.4, -0.2) is 88.1 Å². The molecule has 214 valence electrons. The van der Waals surface area contributed by atoms with Gasteiger partial charge in [0.1, 0.15) is 11.8 Å². The molecule has 1 aliphatic rings. The highest BCUT2D eigenvalue weighted by Crippen LogP contribution is 2.20. The Hall–Kier alpha value is -2.60. The maximum atomic E-state index is 13.2. The molecule has 1 heterocycles. The number of nitrogens with zero attached hydrogens (tertiary/aromatic N) is 2. The average molecular weight is 537 g/mol. The number of carbonyl (C=O) groups excluding carboxylic acids is 3. The minimum atomic E-state index is -0.692. The van der Waals surface area contributed by atoms with E-state index in [1.165, 1.54) is 43.5 Å². The molecular weight excluding hydrogens is 492 g/mol. The number of nitrogens with one attached hydrogen (secondary N) is 1. The summed E-state index contributed by atoms with van der Waals surface area (Å²) >= 11 is 0. The van der Waals surface area contributed by atoms with E-state index >= 15 is 0 Å². The van der Waals surface area contributed by atoms with Crippen LogP contribution in [0, 0.1) is 0 Å². The predicted octanol–water partition coefficient (Wildman–Crippen LogP) is 2.22. The van der Waals surface area contributed by atoms with Crippen molar-refractivity contribution >= 4 is 23.4 Å². The smallest absolute Gasteiger partial charge is 0.267 e. The van der Waals surface area contributed by atoms with E-state index in [4.69, 9.17) is 24.7 Å². The van der Waals surface area contributed by atoms with E-state index in [0.29, 0.717) is 44.6 Å². The van der Waals surface area contributed by atoms with Crippen molar-refractivity contribution in [1.29, 1.82) is 0 Å². The van der Waals surface area contributed by atoms with Crippen molar-refractivity contribution in [2.75, 3.05) is 58.1 Å². The Morgan fingerprint density at radius 1 is 1.11 bits per heavy atom. The second kappa shape index (κ2) is 18.6. The molecule has 38 heavy (non-hydrogen) atoms. The van der Waals surface area contributed by atoms with Crippen LogP contribution in [0.3, 0.4) is 0 Å². The zero-order valence-electron chi connectivity index (χ0n) is 22.8. The monoisotopic (exact) mass is 536 g/mol. The molecule has 1 aromatic heterocycles. The second-order valence-corrected chi connectivity index (χ2v) is 9.22. The van der Waals surface area contributed by atoms with Gasteiger partial charge in [-0.05, 0) is 31.4 Å². The van der Waals surface area contributed by atoms with E-state index in [0.717, 1.165) is 19.3 Å². The number of anilines is 1. The zero-order chi connectivity index (χ0) is 27.6. The number of hydrogen-bond donors (Lipinski definition) is 2. The van der Waals surface area contributed by atoms with Crippen LogP contribution < -0.4 is 16.0 Å². The summed E-state index contributed by atoms with van der Waals surface area (Å²) in [7, 11) is 1.48. The number of pyridine rings is 1. The van der Waals surface area contributed by atoms with Gasteiger partial charge in [0, 0.05) is 38.5 Å². The van der Waals surface area contributed by atoms with Gasteiger partial charge in [0.2, 0.25) is 5.91 Å². The Kier molecular flexibility index (Phi) is 15.5. The molecule has 11 heteroatoms. The molecule has 1 saturated carbocycles. The molecule has 1 aromatic rings. The molecule has 0 aromatic carbocycles. The van der Waals surface area contributed by atoms with Gasteiger partial charge < -0.3 is 34.9 Å². The molecule has 1 unspecified atom stereocenters. The molecule has 0 bridgehead atoms. The number of hydrogen-bond acceptors (Lipinski definition) is 8. The van der Waals surface area contributed by atoms with Crippen molar-refractivity contribution in [3.8, 4) is 0 Å². The molecule has 1 fully saturated rings. The summed E-state index contributed by atoms with van der Waals surface area (Å²) in [6.07, 6.45) is 8.74. The van der Waals surface area contributed by atoms with Crippen LogP contribution in [0.5, 0.6) is 0 Å². The number of methoxy groups -OCH3 is 1. The summed E-state index contributed by atoms with van der Waals surface area (Å²) in [6.45, 7) is 4.62. The summed E-state index contributed by atoms with van der Waals surface area (Å²) in [5, 5.41) is 2.81. The van der Waals surface area contributed by atoms with Gasteiger partial charge in [-0.2, -0.15) is 0 Å². The van der Waals surface area contributed by atoms with Crippen molar-refractivity contribution in [2.24, 2.45) is 5.73 Å². The van der Waals surface area contributed by atoms with Crippen molar-refractivity contribution < 1.29 is 33.3 Å². The molecule has 0 saturated heterocycles. The highest BCUT2D eigenvalue weighted by Gasteiger charge is 2.25. The highest BCUT2D eigenvalue weighted by atomic mass is 16.5. The normalized spacial score (nSPS) is 14.7. The third kappa shape index (κ3) is 11.8. The molecule has 3 N–H and O–H groups in total. The minimum absolute atomic E-state index is 0.0478. The summed E-state index contributed by atoms with van der Waals surface area (Å²) in [4.78, 5) is 42.4. The van der Waals surface area contributed by atoms with Crippen LogP contribution in [-0.2, 0) is 28.5 Å². The van der Waals surface area contributed by atoms with Crippen LogP contribution in [0.25, 0.3) is 0 Å². The van der Waals surface area contributed by atoms with E-state index in [-0.39, 0.29) is 43.6 Å². The summed E-state index contributed by atoms with van der Waals surface area (Å²) in [5.74, 6) is -1.15. The third-order valence-corrected chi connectivity index (χ3v) is 6.32. The lowest BCUT2D eigenvalue weighted by molar-refractivity contribution is -0.129. The lowest BCUT2D eigenvalue weighted by Crippen LogP contribution is -2.44. The molecular formula is C27H44N4O7. The maximum absolute atomic E-state index is 13.2. The van der Waals surface area contributed by atoms with Gasteiger partial charge in [0.05, 0.1) is 39.1 Å². The second-order valence-electron chi connectivity index (χ2n) is 9.22. The Bertz CT molecular complexity index is 848. The van der Waals surface area contributed by atoms with Gasteiger partial charge in [-0.15, -0.1) is 0 Å². The van der Waals surface area contributed by atoms with Gasteiger partial charge in [-0.3, -0.25) is 19.4 Å². The largest absolute Gasteiger partial charge is 0.379 e. The molecule has 3 amide bonds. The minimum Gasteiger partial charge on any atom is -0.379 e. The van der Waals surface area contributed by atoms with E-state index in [2.05, 4.69) is 10.3 Å². The fourth-order valence-electron chi connectivity index (χ4n) is 4.25. The van der Waals surface area contributed by atoms with Crippen molar-refractivity contribution in [3.05, 3.63) is 24.0 Å². The summed E-state index contributed by atoms with van der Waals surface area (Å²) in [6, 6.07) is 3.07. The first-order chi connectivity index (χ1) is 18.5. The summed E-state index contributed by atoms with van der Waals surface area (Å²) < 4.78 is 22.2. The number of primary amides is 1. The molecule has 1 atom stereocenters. The van der Waals surface area contributed by atoms with Crippen molar-refractivity contribution in [3.63, 3.8) is 0 Å². The van der Waals surface area contributed by atoms with Crippen molar-refractivity contribution in [1.82, 2.24) is 10.3 Å². The molecule has 2 rings (SSSR count). The van der Waals surface area contributed by atoms with E-state index < -0.39 is 12.0 Å². The Morgan fingerprint density at radius 2 is 1.82 bits per heavy atom. The zero-order valence-corrected chi connectivity index (χ0v) is 22.8. The standard InChI is InChI=1S/C27H44N4O7/c1-3-7-24(35-2)27(34)31(21-10-12-29-23(20-21)26(28)33)14-13-30-25(32)11-15-36-16-17-37-18-19-38-22-8-5-4-6-9-22/h10,12,20,22,24H,3-9,11,13-19H2,1-2H3,(H2,28,33)(H,30,32). The number of amides is 3. The lowest BCUT2D eigenvalue weighted by Gasteiger charge is -2.27. The molecule has 0 radical (unpaired) electrons. The summed E-state index contributed by atoms with van der Waals surface area (Å²) in [5.41, 5.74) is 5.85. The Balaban J connectivity index is 1.68. The van der Waals surface area contributed by atoms with Crippen LogP contribution in [0.15, 0.2) is 18.3 Å². The Morgan fingerprint density at radius 3 is 2.50 bits per heavy atom. The van der Waals surface area contributed by atoms with Crippen LogP contribution in [0.4, 0.5) is 5.69 Å². The van der Waals surface area contributed by atoms with Gasteiger partial charge in [-0.1, -0.05) is 32.6 Å². The number of nitrogens with two attached hydrogens (primary N) is 1. The molecule has 0 spiro atoms. The topological polar surface area (TPSA) is 142 Å². The lowest BCUT2D eigenvalue weighted by atomic mass is 9.98. The Labute approximate surface area is 225 Å². The fraction of sp³-hybridized carbons (Fsp3) is 0.704. The first-order valence-electron chi connectivity index (χ1n) is 13.6. The number of aromatic nitrogens is 1. The molecule has 0 aliphatic heterocycles. The van der Waals surface area contributed by atoms with Gasteiger partial charge in [0.15, 0.2) is 0 Å². The predicted molar refractivity (Wildman–Crippen MR) is 143 cm³/mol. The highest BCUT2D eigenvalue weighted by molar-refractivity contribution is 5.98. The SMILES string of the molecule is CCCC(OC)C(=O)N(CCNC(=O)CCOCCOCCOC1CCCCC1)c1ccnc(C(N)=O)c1. The van der Waals surface area contributed by atoms with Gasteiger partial charge >= 0.3 is 0 Å². The molecule has 11 nitrogen and oxygen atoms in total. The van der Waals surface area contributed by atoms with Gasteiger partial charge in [-0.25, -0.2) is 0 Å². The van der Waals surface area contributed by atoms with Crippen LogP contribution in [0.2, 0.25) is 0 Å². The van der Waals surface area contributed by atoms with Gasteiger partial charge in [0.25, 0.3) is 11.8 Å². The molecule has 1 aliphatic carbocycles. The number of carbonyl (C=O) groups is 3. The fourth-order valence-corrected chi connectivity index (χ4v) is 4.25. The number of ether oxygens (including phenoxy) is 4. The number of rotatable bonds is 19. The van der Waals surface area contributed by atoms with E-state index in [1.807, 2.05) is 6.92 Å². The average Bonchev–Trinajstić information content (AvgIpc) is 2.93. The third-order valence-electron chi connectivity index (χ3n) is 6.32. The van der Waals surface area contributed by atoms with E-state index in [9.17, 15) is 14.4 Å². The van der Waals surface area contributed by atoms with E-state index in [1.54, 1.807) is 6.07 Å².